The van der Waals surface area contributed by atoms with Gasteiger partial charge in [-0.05, 0) is 53.9 Å². The molecule has 1 aromatic rings. The quantitative estimate of drug-likeness (QED) is 0.732. The molecule has 1 unspecified atom stereocenters. The zero-order chi connectivity index (χ0) is 18.1. The molecular weight excluding hydrogens is 372 g/mol. The van der Waals surface area contributed by atoms with Crippen LogP contribution in [0.1, 0.15) is 31.2 Å². The van der Waals surface area contributed by atoms with E-state index in [9.17, 15) is 9.59 Å². The van der Waals surface area contributed by atoms with Gasteiger partial charge in [-0.3, -0.25) is 9.59 Å². The van der Waals surface area contributed by atoms with E-state index in [-0.39, 0.29) is 36.7 Å². The number of fused-ring (bicyclic) bond motifs is 2. The molecule has 0 bridgehead atoms. The lowest BCUT2D eigenvalue weighted by Gasteiger charge is -2.18. The van der Waals surface area contributed by atoms with E-state index in [0.29, 0.717) is 5.02 Å². The van der Waals surface area contributed by atoms with E-state index in [1.807, 2.05) is 0 Å². The molecular formula is C19H17ClN2O3S. The first kappa shape index (κ1) is 17.5. The second-order valence-electron chi connectivity index (χ2n) is 6.47. The van der Waals surface area contributed by atoms with Gasteiger partial charge in [0.25, 0.3) is 5.91 Å². The Labute approximate surface area is 160 Å². The molecule has 7 heteroatoms. The van der Waals surface area contributed by atoms with Crippen LogP contribution in [0, 0.1) is 5.92 Å². The Morgan fingerprint density at radius 3 is 2.77 bits per heavy atom. The molecule has 26 heavy (non-hydrogen) atoms. The molecule has 2 heterocycles. The van der Waals surface area contributed by atoms with Crippen LogP contribution in [0.4, 0.5) is 0 Å². The number of hydrogen-bond donors (Lipinski definition) is 0. The van der Waals surface area contributed by atoms with Gasteiger partial charge in [0, 0.05) is 5.02 Å². The highest BCUT2D eigenvalue weighted by Gasteiger charge is 2.40. The maximum absolute atomic E-state index is 12.4. The summed E-state index contributed by atoms with van der Waals surface area (Å²) >= 11 is 7.43. The number of hydrogen-bond acceptors (Lipinski definition) is 5. The van der Waals surface area contributed by atoms with E-state index in [0.717, 1.165) is 36.3 Å². The minimum absolute atomic E-state index is 0.0837. The highest BCUT2D eigenvalue weighted by Crippen LogP contribution is 2.47. The number of aliphatic imine (C=N–C) groups is 2. The normalized spacial score (nSPS) is 21.7. The lowest BCUT2D eigenvalue weighted by molar-refractivity contribution is -0.141. The Balaban J connectivity index is 1.37. The monoisotopic (exact) mass is 388 g/mol. The molecule has 3 aliphatic rings. The Morgan fingerprint density at radius 1 is 1.19 bits per heavy atom. The van der Waals surface area contributed by atoms with Crippen molar-refractivity contribution in [3.05, 3.63) is 45.3 Å². The fourth-order valence-electron chi connectivity index (χ4n) is 3.37. The Morgan fingerprint density at radius 2 is 1.96 bits per heavy atom. The highest BCUT2D eigenvalue weighted by atomic mass is 35.5. The minimum atomic E-state index is -0.388. The van der Waals surface area contributed by atoms with Gasteiger partial charge in [-0.1, -0.05) is 35.5 Å². The van der Waals surface area contributed by atoms with Crippen molar-refractivity contribution < 1.29 is 14.3 Å². The lowest BCUT2D eigenvalue weighted by Crippen LogP contribution is -2.28. The largest absolute Gasteiger partial charge is 0.457 e. The number of amidine groups is 1. The molecule has 1 amide bonds. The molecule has 5 nitrogen and oxygen atoms in total. The molecule has 1 aromatic carbocycles. The van der Waals surface area contributed by atoms with Crippen molar-refractivity contribution in [3.63, 3.8) is 0 Å². The molecule has 0 saturated carbocycles. The van der Waals surface area contributed by atoms with Gasteiger partial charge in [-0.2, -0.15) is 4.99 Å². The highest BCUT2D eigenvalue weighted by molar-refractivity contribution is 8.17. The molecule has 0 fully saturated rings. The van der Waals surface area contributed by atoms with Crippen molar-refractivity contribution in [3.8, 4) is 0 Å². The first-order valence-electron chi connectivity index (χ1n) is 8.60. The summed E-state index contributed by atoms with van der Waals surface area (Å²) in [5.74, 6) is -0.582. The summed E-state index contributed by atoms with van der Waals surface area (Å²) < 4.78 is 5.25. The molecule has 2 aliphatic heterocycles. The van der Waals surface area contributed by atoms with Gasteiger partial charge in [0.05, 0.1) is 11.5 Å². The average Bonchev–Trinajstić information content (AvgIpc) is 3.01. The summed E-state index contributed by atoms with van der Waals surface area (Å²) in [5, 5.41) is 1.41. The maximum Gasteiger partial charge on any atom is 0.310 e. The van der Waals surface area contributed by atoms with Crippen LogP contribution in [-0.2, 0) is 20.7 Å². The van der Waals surface area contributed by atoms with Gasteiger partial charge >= 0.3 is 5.97 Å². The van der Waals surface area contributed by atoms with Crippen LogP contribution in [-0.4, -0.2) is 29.4 Å². The molecule has 1 atom stereocenters. The van der Waals surface area contributed by atoms with Crippen molar-refractivity contribution in [2.24, 2.45) is 15.9 Å². The van der Waals surface area contributed by atoms with Crippen LogP contribution in [0.2, 0.25) is 5.02 Å². The molecule has 134 valence electrons. The molecule has 4 rings (SSSR count). The van der Waals surface area contributed by atoms with Crippen LogP contribution in [0.3, 0.4) is 0 Å². The zero-order valence-electron chi connectivity index (χ0n) is 14.0. The molecule has 0 spiro atoms. The van der Waals surface area contributed by atoms with Gasteiger partial charge in [0.1, 0.15) is 5.92 Å². The third-order valence-electron chi connectivity index (χ3n) is 4.63. The molecule has 0 saturated heterocycles. The van der Waals surface area contributed by atoms with Gasteiger partial charge in [-0.25, -0.2) is 4.99 Å². The van der Waals surface area contributed by atoms with Gasteiger partial charge < -0.3 is 4.74 Å². The zero-order valence-corrected chi connectivity index (χ0v) is 15.6. The topological polar surface area (TPSA) is 68.1 Å². The number of allylic oxidation sites excluding steroid dienone is 1. The van der Waals surface area contributed by atoms with E-state index in [4.69, 9.17) is 16.3 Å². The van der Waals surface area contributed by atoms with Crippen molar-refractivity contribution in [1.29, 1.82) is 0 Å². The number of carbonyl (C=O) groups excluding carboxylic acids is 2. The number of thioether (sulfide) groups is 1. The number of amides is 1. The van der Waals surface area contributed by atoms with Crippen LogP contribution in [0.5, 0.6) is 0 Å². The van der Waals surface area contributed by atoms with Crippen LogP contribution in [0.25, 0.3) is 0 Å². The van der Waals surface area contributed by atoms with Crippen LogP contribution in [0.15, 0.2) is 44.7 Å². The van der Waals surface area contributed by atoms with Crippen LogP contribution < -0.4 is 0 Å². The van der Waals surface area contributed by atoms with Crippen molar-refractivity contribution in [2.45, 2.75) is 32.1 Å². The maximum atomic E-state index is 12.4. The molecule has 0 aromatic heterocycles. The SMILES string of the molecule is O=C(Cc1ccc(Cl)cc1)OCC1=NC(=O)C2C(=N1)SC1=C2CCCC1. The fraction of sp³-hybridized carbons (Fsp3) is 0.368. The van der Waals surface area contributed by atoms with E-state index in [1.165, 1.54) is 10.5 Å². The molecule has 1 aliphatic carbocycles. The van der Waals surface area contributed by atoms with Crippen molar-refractivity contribution >= 4 is 46.1 Å². The first-order valence-corrected chi connectivity index (χ1v) is 9.79. The minimum Gasteiger partial charge on any atom is -0.457 e. The van der Waals surface area contributed by atoms with Crippen LogP contribution >= 0.6 is 23.4 Å². The van der Waals surface area contributed by atoms with Crippen molar-refractivity contribution in [2.75, 3.05) is 6.61 Å². The Kier molecular flexibility index (Phi) is 4.96. The van der Waals surface area contributed by atoms with Gasteiger partial charge in [0.15, 0.2) is 12.4 Å². The summed E-state index contributed by atoms with van der Waals surface area (Å²) in [4.78, 5) is 34.3. The number of carbonyl (C=O) groups is 2. The standard InChI is InChI=1S/C19H17ClN2O3S/c20-12-7-5-11(6-8-12)9-16(23)25-10-15-21-18(24)17-13-3-1-2-4-14(13)26-19(17)22-15/h5-8,17H,1-4,9-10H2. The number of esters is 1. The first-order chi connectivity index (χ1) is 12.6. The number of ether oxygens (including phenoxy) is 1. The van der Waals surface area contributed by atoms with E-state index < -0.39 is 0 Å². The third kappa shape index (κ3) is 3.62. The van der Waals surface area contributed by atoms with E-state index >= 15 is 0 Å². The number of nitrogens with zero attached hydrogens (tertiary/aromatic N) is 2. The predicted octanol–water partition coefficient (Wildman–Crippen LogP) is 3.95. The Bertz CT molecular complexity index is 858. The fourth-order valence-corrected chi connectivity index (χ4v) is 4.86. The summed E-state index contributed by atoms with van der Waals surface area (Å²) in [7, 11) is 0. The predicted molar refractivity (Wildman–Crippen MR) is 103 cm³/mol. The number of halogens is 1. The summed E-state index contributed by atoms with van der Waals surface area (Å²) in [5.41, 5.74) is 2.02. The molecule has 0 N–H and O–H groups in total. The lowest BCUT2D eigenvalue weighted by atomic mass is 9.89. The summed E-state index contributed by atoms with van der Waals surface area (Å²) in [6.45, 7) is -0.0837. The van der Waals surface area contributed by atoms with E-state index in [1.54, 1.807) is 36.0 Å². The second kappa shape index (κ2) is 7.37. The van der Waals surface area contributed by atoms with E-state index in [2.05, 4.69) is 9.98 Å². The number of rotatable bonds is 4. The summed E-state index contributed by atoms with van der Waals surface area (Å²) in [6, 6.07) is 7.02. The summed E-state index contributed by atoms with van der Waals surface area (Å²) in [6.07, 6.45) is 4.40. The smallest absolute Gasteiger partial charge is 0.310 e. The van der Waals surface area contributed by atoms with Crippen molar-refractivity contribution in [1.82, 2.24) is 0 Å². The van der Waals surface area contributed by atoms with Gasteiger partial charge in [0.2, 0.25) is 0 Å². The Hall–Kier alpha value is -1.92. The second-order valence-corrected chi connectivity index (χ2v) is 8.02. The van der Waals surface area contributed by atoms with Gasteiger partial charge in [-0.15, -0.1) is 0 Å². The molecule has 0 radical (unpaired) electrons. The third-order valence-corrected chi connectivity index (χ3v) is 6.13. The number of benzene rings is 1. The average molecular weight is 389 g/mol.